The summed E-state index contributed by atoms with van der Waals surface area (Å²) in [5, 5.41) is 2.46. The number of hydrogen-bond donors (Lipinski definition) is 1. The minimum atomic E-state index is -3.62. The van der Waals surface area contributed by atoms with Gasteiger partial charge in [0.2, 0.25) is 0 Å². The fraction of sp³-hybridized carbons (Fsp3) is 0.500. The SMILES string of the molecule is CCS(=O)(=O)OC1(NC(=O)OCc2ccc(OC)cc2)CC1. The molecule has 1 amide bonds. The number of methoxy groups -OCH3 is 1. The molecule has 0 radical (unpaired) electrons. The third-order valence-electron chi connectivity index (χ3n) is 3.20. The number of rotatable bonds is 7. The number of carbonyl (C=O) groups is 1. The molecule has 8 heteroatoms. The van der Waals surface area contributed by atoms with Crippen LogP contribution in [-0.4, -0.2) is 33.1 Å². The first-order valence-corrected chi connectivity index (χ1v) is 8.47. The summed E-state index contributed by atoms with van der Waals surface area (Å²) in [5.74, 6) is 0.570. The third-order valence-corrected chi connectivity index (χ3v) is 4.48. The average Bonchev–Trinajstić information content (AvgIpc) is 3.24. The Morgan fingerprint density at radius 3 is 2.41 bits per heavy atom. The second-order valence-corrected chi connectivity index (χ2v) is 6.83. The molecule has 0 unspecified atom stereocenters. The Labute approximate surface area is 129 Å². The molecule has 0 heterocycles. The average molecular weight is 329 g/mol. The zero-order chi connectivity index (χ0) is 16.2. The molecule has 0 spiro atoms. The first-order valence-electron chi connectivity index (χ1n) is 6.89. The summed E-state index contributed by atoms with van der Waals surface area (Å²) in [7, 11) is -2.05. The van der Waals surface area contributed by atoms with Crippen molar-refractivity contribution in [2.45, 2.75) is 32.1 Å². The third kappa shape index (κ3) is 4.60. The molecule has 1 aromatic carbocycles. The predicted octanol–water partition coefficient (Wildman–Crippen LogP) is 1.78. The molecule has 1 fully saturated rings. The van der Waals surface area contributed by atoms with Crippen molar-refractivity contribution in [3.05, 3.63) is 29.8 Å². The Kier molecular flexibility index (Phi) is 4.92. The first kappa shape index (κ1) is 16.6. The number of amides is 1. The molecule has 1 aromatic rings. The van der Waals surface area contributed by atoms with E-state index in [9.17, 15) is 13.2 Å². The maximum Gasteiger partial charge on any atom is 0.409 e. The molecule has 1 aliphatic rings. The van der Waals surface area contributed by atoms with Crippen LogP contribution in [-0.2, 0) is 25.6 Å². The molecule has 7 nitrogen and oxygen atoms in total. The standard InChI is InChI=1S/C14H19NO6S/c1-3-22(17,18)21-14(8-9-14)15-13(16)20-10-11-4-6-12(19-2)7-5-11/h4-7H,3,8-10H2,1-2H3,(H,15,16). The molecule has 0 atom stereocenters. The summed E-state index contributed by atoms with van der Waals surface area (Å²) in [4.78, 5) is 11.7. The maximum atomic E-state index is 11.7. The lowest BCUT2D eigenvalue weighted by Crippen LogP contribution is -2.41. The van der Waals surface area contributed by atoms with Gasteiger partial charge in [0.25, 0.3) is 10.1 Å². The van der Waals surface area contributed by atoms with Crippen molar-refractivity contribution in [1.82, 2.24) is 5.32 Å². The van der Waals surface area contributed by atoms with Gasteiger partial charge in [-0.15, -0.1) is 0 Å². The maximum absolute atomic E-state index is 11.7. The molecule has 0 bridgehead atoms. The number of hydrogen-bond acceptors (Lipinski definition) is 6. The summed E-state index contributed by atoms with van der Waals surface area (Å²) in [6.45, 7) is 1.56. The first-order chi connectivity index (χ1) is 10.4. The highest BCUT2D eigenvalue weighted by atomic mass is 32.2. The van der Waals surface area contributed by atoms with Crippen molar-refractivity contribution < 1.29 is 26.9 Å². The van der Waals surface area contributed by atoms with Crippen molar-refractivity contribution >= 4 is 16.2 Å². The van der Waals surface area contributed by atoms with Gasteiger partial charge in [0, 0.05) is 12.8 Å². The van der Waals surface area contributed by atoms with Crippen LogP contribution in [0.2, 0.25) is 0 Å². The Bertz CT molecular complexity index is 621. The molecule has 22 heavy (non-hydrogen) atoms. The number of carbonyl (C=O) groups excluding carboxylic acids is 1. The van der Waals surface area contributed by atoms with Gasteiger partial charge in [-0.05, 0) is 24.6 Å². The molecule has 1 aliphatic carbocycles. The topological polar surface area (TPSA) is 90.9 Å². The molecule has 2 rings (SSSR count). The Morgan fingerprint density at radius 1 is 1.27 bits per heavy atom. The molecule has 0 aliphatic heterocycles. The lowest BCUT2D eigenvalue weighted by atomic mass is 10.2. The fourth-order valence-electron chi connectivity index (χ4n) is 1.74. The van der Waals surface area contributed by atoms with Crippen LogP contribution in [0.5, 0.6) is 5.75 Å². The molecule has 0 aromatic heterocycles. The number of alkyl carbamates (subject to hydrolysis) is 1. The van der Waals surface area contributed by atoms with Gasteiger partial charge in [0.1, 0.15) is 12.4 Å². The highest BCUT2D eigenvalue weighted by Crippen LogP contribution is 2.38. The van der Waals surface area contributed by atoms with E-state index in [2.05, 4.69) is 5.32 Å². The second-order valence-electron chi connectivity index (χ2n) is 4.97. The van der Waals surface area contributed by atoms with Gasteiger partial charge in [-0.3, -0.25) is 5.32 Å². The normalized spacial score (nSPS) is 15.9. The quantitative estimate of drug-likeness (QED) is 0.606. The van der Waals surface area contributed by atoms with Gasteiger partial charge >= 0.3 is 6.09 Å². The van der Waals surface area contributed by atoms with Crippen LogP contribution in [0, 0.1) is 0 Å². The van der Waals surface area contributed by atoms with Crippen molar-refractivity contribution in [2.24, 2.45) is 0 Å². The minimum absolute atomic E-state index is 0.0758. The summed E-state index contributed by atoms with van der Waals surface area (Å²) in [6, 6.07) is 7.07. The van der Waals surface area contributed by atoms with E-state index in [0.29, 0.717) is 18.6 Å². The molecule has 1 N–H and O–H groups in total. The highest BCUT2D eigenvalue weighted by molar-refractivity contribution is 7.86. The molecule has 0 saturated heterocycles. The fourth-order valence-corrected chi connectivity index (χ4v) is 2.55. The van der Waals surface area contributed by atoms with Crippen LogP contribution >= 0.6 is 0 Å². The van der Waals surface area contributed by atoms with Crippen LogP contribution in [0.15, 0.2) is 24.3 Å². The van der Waals surface area contributed by atoms with Crippen LogP contribution in [0.25, 0.3) is 0 Å². The van der Waals surface area contributed by atoms with Gasteiger partial charge in [0.15, 0.2) is 5.72 Å². The zero-order valence-corrected chi connectivity index (χ0v) is 13.3. The Morgan fingerprint density at radius 2 is 1.91 bits per heavy atom. The van der Waals surface area contributed by atoms with Gasteiger partial charge in [-0.2, -0.15) is 8.42 Å². The molecular formula is C14H19NO6S. The van der Waals surface area contributed by atoms with E-state index in [1.165, 1.54) is 6.92 Å². The van der Waals surface area contributed by atoms with E-state index in [1.807, 2.05) is 0 Å². The lowest BCUT2D eigenvalue weighted by molar-refractivity contribution is 0.0984. The highest BCUT2D eigenvalue weighted by Gasteiger charge is 2.49. The van der Waals surface area contributed by atoms with Gasteiger partial charge < -0.3 is 9.47 Å². The molecule has 1 saturated carbocycles. The largest absolute Gasteiger partial charge is 0.497 e. The Balaban J connectivity index is 1.83. The van der Waals surface area contributed by atoms with Crippen LogP contribution in [0.1, 0.15) is 25.3 Å². The molecular weight excluding hydrogens is 310 g/mol. The monoisotopic (exact) mass is 329 g/mol. The van der Waals surface area contributed by atoms with Crippen LogP contribution in [0.4, 0.5) is 4.79 Å². The van der Waals surface area contributed by atoms with Gasteiger partial charge in [-0.25, -0.2) is 8.98 Å². The van der Waals surface area contributed by atoms with E-state index in [4.69, 9.17) is 13.7 Å². The van der Waals surface area contributed by atoms with E-state index in [-0.39, 0.29) is 12.4 Å². The smallest absolute Gasteiger partial charge is 0.409 e. The van der Waals surface area contributed by atoms with Crippen molar-refractivity contribution in [2.75, 3.05) is 12.9 Å². The lowest BCUT2D eigenvalue weighted by Gasteiger charge is -2.17. The zero-order valence-electron chi connectivity index (χ0n) is 12.5. The summed E-state index contributed by atoms with van der Waals surface area (Å²) in [5.41, 5.74) is -0.339. The number of ether oxygens (including phenoxy) is 2. The van der Waals surface area contributed by atoms with Crippen molar-refractivity contribution in [1.29, 1.82) is 0 Å². The second kappa shape index (κ2) is 6.53. The Hall–Kier alpha value is -1.80. The number of nitrogens with one attached hydrogen (secondary N) is 1. The van der Waals surface area contributed by atoms with Gasteiger partial charge in [-0.1, -0.05) is 12.1 Å². The summed E-state index contributed by atoms with van der Waals surface area (Å²) < 4.78 is 38.0. The minimum Gasteiger partial charge on any atom is -0.497 e. The summed E-state index contributed by atoms with van der Waals surface area (Å²) >= 11 is 0. The van der Waals surface area contributed by atoms with Crippen molar-refractivity contribution in [3.8, 4) is 5.75 Å². The van der Waals surface area contributed by atoms with E-state index in [1.54, 1.807) is 31.4 Å². The van der Waals surface area contributed by atoms with Crippen molar-refractivity contribution in [3.63, 3.8) is 0 Å². The predicted molar refractivity (Wildman–Crippen MR) is 78.8 cm³/mol. The van der Waals surface area contributed by atoms with Crippen LogP contribution < -0.4 is 10.1 Å². The van der Waals surface area contributed by atoms with E-state index in [0.717, 1.165) is 5.56 Å². The van der Waals surface area contributed by atoms with E-state index >= 15 is 0 Å². The van der Waals surface area contributed by atoms with E-state index < -0.39 is 21.9 Å². The number of benzene rings is 1. The van der Waals surface area contributed by atoms with Gasteiger partial charge in [0.05, 0.1) is 12.9 Å². The van der Waals surface area contributed by atoms with Crippen LogP contribution in [0.3, 0.4) is 0 Å². The molecule has 122 valence electrons. The summed E-state index contributed by atoms with van der Waals surface area (Å²) in [6.07, 6.45) is 0.188.